The minimum Gasteiger partial charge on any atom is -0.330 e. The highest BCUT2D eigenvalue weighted by atomic mass is 14.6. The van der Waals surface area contributed by atoms with E-state index in [1.165, 1.54) is 54.4 Å². The van der Waals surface area contributed by atoms with Gasteiger partial charge in [0.1, 0.15) is 0 Å². The van der Waals surface area contributed by atoms with Crippen LogP contribution in [0.4, 0.5) is 0 Å². The molecule has 0 amide bonds. The largest absolute Gasteiger partial charge is 0.330 e. The average Bonchev–Trinajstić information content (AvgIpc) is 2.38. The van der Waals surface area contributed by atoms with Crippen molar-refractivity contribution in [2.75, 3.05) is 6.54 Å². The van der Waals surface area contributed by atoms with E-state index in [1.807, 2.05) is 0 Å². The van der Waals surface area contributed by atoms with Gasteiger partial charge in [0.05, 0.1) is 0 Å². The van der Waals surface area contributed by atoms with Crippen LogP contribution in [0.15, 0.2) is 12.1 Å². The molecule has 0 heterocycles. The van der Waals surface area contributed by atoms with Gasteiger partial charge in [-0.3, -0.25) is 0 Å². The van der Waals surface area contributed by atoms with Gasteiger partial charge in [-0.25, -0.2) is 0 Å². The van der Waals surface area contributed by atoms with E-state index >= 15 is 0 Å². The maximum atomic E-state index is 6.09. The van der Waals surface area contributed by atoms with Crippen molar-refractivity contribution in [1.29, 1.82) is 0 Å². The lowest BCUT2D eigenvalue weighted by Gasteiger charge is -2.31. The van der Waals surface area contributed by atoms with E-state index in [4.69, 9.17) is 5.73 Å². The van der Waals surface area contributed by atoms with Crippen molar-refractivity contribution >= 4 is 0 Å². The minimum atomic E-state index is 0.574. The number of aryl methyl sites for hydroxylation is 3. The third-order valence-corrected chi connectivity index (χ3v) is 4.75. The Morgan fingerprint density at radius 2 is 1.61 bits per heavy atom. The molecule has 0 spiro atoms. The van der Waals surface area contributed by atoms with Crippen LogP contribution >= 0.6 is 0 Å². The fourth-order valence-electron chi connectivity index (χ4n) is 3.49. The van der Waals surface area contributed by atoms with Gasteiger partial charge in [-0.05, 0) is 74.2 Å². The van der Waals surface area contributed by atoms with Crippen LogP contribution in [0.2, 0.25) is 0 Å². The zero-order valence-electron chi connectivity index (χ0n) is 12.1. The van der Waals surface area contributed by atoms with Gasteiger partial charge in [0.2, 0.25) is 0 Å². The first-order valence-electron chi connectivity index (χ1n) is 7.41. The first-order chi connectivity index (χ1) is 8.63. The van der Waals surface area contributed by atoms with Crippen molar-refractivity contribution < 1.29 is 0 Å². The van der Waals surface area contributed by atoms with Crippen molar-refractivity contribution in [3.05, 3.63) is 34.4 Å². The standard InChI is InChI=1S/C17H27N/c1-12-9-14(3)16(10-13(12)2)17(11-18)15-7-5-4-6-8-15/h9-10,15,17H,4-8,11,18H2,1-3H3. The average molecular weight is 245 g/mol. The molecule has 0 radical (unpaired) electrons. The van der Waals surface area contributed by atoms with Gasteiger partial charge in [-0.1, -0.05) is 31.4 Å². The van der Waals surface area contributed by atoms with E-state index in [0.717, 1.165) is 12.5 Å². The Morgan fingerprint density at radius 3 is 2.22 bits per heavy atom. The highest BCUT2D eigenvalue weighted by Gasteiger charge is 2.25. The molecule has 1 aliphatic rings. The molecule has 1 unspecified atom stereocenters. The van der Waals surface area contributed by atoms with Crippen LogP contribution in [0.1, 0.15) is 60.3 Å². The van der Waals surface area contributed by atoms with Crippen LogP contribution in [0.5, 0.6) is 0 Å². The molecule has 1 nitrogen and oxygen atoms in total. The normalized spacial score (nSPS) is 18.9. The van der Waals surface area contributed by atoms with E-state index in [9.17, 15) is 0 Å². The summed E-state index contributed by atoms with van der Waals surface area (Å²) in [5.41, 5.74) is 11.8. The van der Waals surface area contributed by atoms with E-state index in [1.54, 1.807) is 0 Å². The monoisotopic (exact) mass is 245 g/mol. The molecule has 0 aromatic heterocycles. The summed E-state index contributed by atoms with van der Waals surface area (Å²) in [6, 6.07) is 4.72. The molecule has 100 valence electrons. The molecule has 1 aliphatic carbocycles. The molecular weight excluding hydrogens is 218 g/mol. The molecule has 1 saturated carbocycles. The molecular formula is C17H27N. The summed E-state index contributed by atoms with van der Waals surface area (Å²) in [7, 11) is 0. The zero-order chi connectivity index (χ0) is 13.1. The highest BCUT2D eigenvalue weighted by Crippen LogP contribution is 2.37. The molecule has 0 aliphatic heterocycles. The second kappa shape index (κ2) is 5.88. The van der Waals surface area contributed by atoms with E-state index in [-0.39, 0.29) is 0 Å². The third-order valence-electron chi connectivity index (χ3n) is 4.75. The second-order valence-electron chi connectivity index (χ2n) is 6.03. The molecule has 2 rings (SSSR count). The predicted octanol–water partition coefficient (Wildman–Crippen LogP) is 4.23. The van der Waals surface area contributed by atoms with Crippen molar-refractivity contribution in [3.8, 4) is 0 Å². The Hall–Kier alpha value is -0.820. The van der Waals surface area contributed by atoms with E-state index in [2.05, 4.69) is 32.9 Å². The maximum Gasteiger partial charge on any atom is -0.000546 e. The molecule has 1 aromatic carbocycles. The Balaban J connectivity index is 2.28. The Labute approximate surface area is 112 Å². The topological polar surface area (TPSA) is 26.0 Å². The van der Waals surface area contributed by atoms with Gasteiger partial charge >= 0.3 is 0 Å². The Morgan fingerprint density at radius 1 is 1.00 bits per heavy atom. The molecule has 1 fully saturated rings. The molecule has 18 heavy (non-hydrogen) atoms. The van der Waals surface area contributed by atoms with Gasteiger partial charge in [0.25, 0.3) is 0 Å². The number of hydrogen-bond donors (Lipinski definition) is 1. The lowest BCUT2D eigenvalue weighted by atomic mass is 9.75. The van der Waals surface area contributed by atoms with Gasteiger partial charge in [0.15, 0.2) is 0 Å². The van der Waals surface area contributed by atoms with E-state index < -0.39 is 0 Å². The van der Waals surface area contributed by atoms with Crippen LogP contribution in [-0.4, -0.2) is 6.54 Å². The molecule has 0 bridgehead atoms. The smallest absolute Gasteiger partial charge is 0.000546 e. The van der Waals surface area contributed by atoms with Gasteiger partial charge < -0.3 is 5.73 Å². The minimum absolute atomic E-state index is 0.574. The molecule has 2 N–H and O–H groups in total. The third kappa shape index (κ3) is 2.77. The number of benzene rings is 1. The van der Waals surface area contributed by atoms with Crippen LogP contribution in [0.25, 0.3) is 0 Å². The molecule has 1 atom stereocenters. The SMILES string of the molecule is Cc1cc(C)c(C(CN)C2CCCCC2)cc1C. The van der Waals surface area contributed by atoms with Crippen molar-refractivity contribution in [2.24, 2.45) is 11.7 Å². The summed E-state index contributed by atoms with van der Waals surface area (Å²) in [6.45, 7) is 7.46. The molecule has 1 heteroatoms. The maximum absolute atomic E-state index is 6.09. The summed E-state index contributed by atoms with van der Waals surface area (Å²) in [4.78, 5) is 0. The molecule has 1 aromatic rings. The number of rotatable bonds is 3. The fraction of sp³-hybridized carbons (Fsp3) is 0.647. The summed E-state index contributed by atoms with van der Waals surface area (Å²) in [5, 5.41) is 0. The van der Waals surface area contributed by atoms with E-state index in [0.29, 0.717) is 5.92 Å². The Bertz CT molecular complexity index is 402. The van der Waals surface area contributed by atoms with Crippen molar-refractivity contribution in [2.45, 2.75) is 58.8 Å². The first kappa shape index (κ1) is 13.6. The second-order valence-corrected chi connectivity index (χ2v) is 6.03. The van der Waals surface area contributed by atoms with Gasteiger partial charge in [0, 0.05) is 0 Å². The zero-order valence-corrected chi connectivity index (χ0v) is 12.1. The summed E-state index contributed by atoms with van der Waals surface area (Å²) in [5.74, 6) is 1.38. The van der Waals surface area contributed by atoms with Crippen LogP contribution in [0, 0.1) is 26.7 Å². The number of nitrogens with two attached hydrogens (primary N) is 1. The van der Waals surface area contributed by atoms with Gasteiger partial charge in [-0.15, -0.1) is 0 Å². The quantitative estimate of drug-likeness (QED) is 0.847. The molecule has 0 saturated heterocycles. The summed E-state index contributed by atoms with van der Waals surface area (Å²) in [6.07, 6.45) is 6.94. The lowest BCUT2D eigenvalue weighted by Crippen LogP contribution is -2.24. The van der Waals surface area contributed by atoms with Crippen molar-refractivity contribution in [3.63, 3.8) is 0 Å². The van der Waals surface area contributed by atoms with Crippen LogP contribution in [-0.2, 0) is 0 Å². The van der Waals surface area contributed by atoms with Crippen LogP contribution in [0.3, 0.4) is 0 Å². The van der Waals surface area contributed by atoms with Crippen molar-refractivity contribution in [1.82, 2.24) is 0 Å². The number of hydrogen-bond acceptors (Lipinski definition) is 1. The predicted molar refractivity (Wildman–Crippen MR) is 79.0 cm³/mol. The fourth-order valence-corrected chi connectivity index (χ4v) is 3.49. The lowest BCUT2D eigenvalue weighted by molar-refractivity contribution is 0.307. The Kier molecular flexibility index (Phi) is 4.45. The summed E-state index contributed by atoms with van der Waals surface area (Å²) >= 11 is 0. The highest BCUT2D eigenvalue weighted by molar-refractivity contribution is 5.39. The van der Waals surface area contributed by atoms with Crippen LogP contribution < -0.4 is 5.73 Å². The summed E-state index contributed by atoms with van der Waals surface area (Å²) < 4.78 is 0. The van der Waals surface area contributed by atoms with Gasteiger partial charge in [-0.2, -0.15) is 0 Å². The first-order valence-corrected chi connectivity index (χ1v) is 7.41.